The van der Waals surface area contributed by atoms with Gasteiger partial charge in [-0.25, -0.2) is 4.39 Å². The number of nitrogens with zero attached hydrogens (tertiary/aromatic N) is 5. The van der Waals surface area contributed by atoms with Crippen LogP contribution in [0.4, 0.5) is 15.9 Å². The van der Waals surface area contributed by atoms with Gasteiger partial charge in [0, 0.05) is 44.5 Å². The zero-order chi connectivity index (χ0) is 24.2. The lowest BCUT2D eigenvalue weighted by atomic mass is 9.81. The van der Waals surface area contributed by atoms with Crippen molar-refractivity contribution >= 4 is 17.4 Å². The molecule has 2 aromatic rings. The van der Waals surface area contributed by atoms with Crippen LogP contribution in [0.2, 0.25) is 0 Å². The van der Waals surface area contributed by atoms with E-state index in [0.717, 1.165) is 47.6 Å². The maximum absolute atomic E-state index is 14.0. The number of piperazine rings is 1. The van der Waals surface area contributed by atoms with Crippen LogP contribution in [-0.2, 0) is 17.6 Å². The van der Waals surface area contributed by atoms with Crippen LogP contribution in [-0.4, -0.2) is 60.6 Å². The third kappa shape index (κ3) is 4.76. The van der Waals surface area contributed by atoms with Gasteiger partial charge in [0.05, 0.1) is 12.3 Å². The van der Waals surface area contributed by atoms with Gasteiger partial charge in [-0.2, -0.15) is 9.97 Å². The molecule has 4 rings (SSSR count). The molecule has 0 bridgehead atoms. The van der Waals surface area contributed by atoms with Gasteiger partial charge in [-0.3, -0.25) is 4.79 Å². The molecule has 2 heterocycles. The SMILES string of the molecule is C=CC(=O)N1CCN(c2nc(OCC)nc3c2CC[C@@H](c2ccc(F)cc2N(C)C=C)C3)CC1. The fraction of sp³-hybridized carbons (Fsp3) is 0.423. The predicted octanol–water partition coefficient (Wildman–Crippen LogP) is 3.70. The molecule has 2 aliphatic rings. The fourth-order valence-corrected chi connectivity index (χ4v) is 4.83. The highest BCUT2D eigenvalue weighted by Crippen LogP contribution is 2.40. The number of hydrogen-bond donors (Lipinski definition) is 0. The van der Waals surface area contributed by atoms with Gasteiger partial charge in [-0.05, 0) is 62.1 Å². The Balaban J connectivity index is 1.64. The Morgan fingerprint density at radius 1 is 1.26 bits per heavy atom. The number of anilines is 2. The van der Waals surface area contributed by atoms with E-state index in [1.165, 1.54) is 12.1 Å². The summed E-state index contributed by atoms with van der Waals surface area (Å²) in [5.41, 5.74) is 4.03. The Kier molecular flexibility index (Phi) is 7.14. The van der Waals surface area contributed by atoms with Gasteiger partial charge in [0.2, 0.25) is 5.91 Å². The Morgan fingerprint density at radius 2 is 2.03 bits per heavy atom. The number of hydrogen-bond acceptors (Lipinski definition) is 6. The highest BCUT2D eigenvalue weighted by Gasteiger charge is 2.30. The molecule has 1 aromatic carbocycles. The van der Waals surface area contributed by atoms with Crippen molar-refractivity contribution < 1.29 is 13.9 Å². The average molecular weight is 466 g/mol. The minimum Gasteiger partial charge on any atom is -0.464 e. The third-order valence-electron chi connectivity index (χ3n) is 6.66. The van der Waals surface area contributed by atoms with Crippen molar-refractivity contribution in [2.45, 2.75) is 32.1 Å². The molecule has 34 heavy (non-hydrogen) atoms. The molecule has 1 aliphatic heterocycles. The van der Waals surface area contributed by atoms with E-state index in [9.17, 15) is 9.18 Å². The predicted molar refractivity (Wildman–Crippen MR) is 132 cm³/mol. The van der Waals surface area contributed by atoms with Crippen LogP contribution in [0.1, 0.15) is 36.1 Å². The number of benzene rings is 1. The van der Waals surface area contributed by atoms with E-state index in [1.807, 2.05) is 29.8 Å². The summed E-state index contributed by atoms with van der Waals surface area (Å²) in [4.78, 5) is 27.4. The molecule has 0 N–H and O–H groups in total. The van der Waals surface area contributed by atoms with Gasteiger partial charge in [0.25, 0.3) is 0 Å². The van der Waals surface area contributed by atoms with E-state index in [1.54, 1.807) is 12.3 Å². The van der Waals surface area contributed by atoms with E-state index in [0.29, 0.717) is 38.8 Å². The number of carbonyl (C=O) groups excluding carboxylic acids is 1. The molecule has 0 unspecified atom stereocenters. The molecule has 1 saturated heterocycles. The standard InChI is InChI=1S/C26H32FN5O2/c1-5-24(33)31-12-14-32(15-13-31)25-21-10-8-18(16-22(21)28-26(29-25)34-7-3)20-11-9-19(27)17-23(20)30(4)6-2/h5-6,9,11,17-18H,1-2,7-8,10,12-16H2,3-4H3/t18-/m1/s1. The van der Waals surface area contributed by atoms with Gasteiger partial charge in [-0.1, -0.05) is 19.2 Å². The van der Waals surface area contributed by atoms with Crippen molar-refractivity contribution in [3.63, 3.8) is 0 Å². The van der Waals surface area contributed by atoms with Crippen molar-refractivity contribution in [3.05, 3.63) is 66.3 Å². The van der Waals surface area contributed by atoms with Gasteiger partial charge < -0.3 is 19.4 Å². The zero-order valence-corrected chi connectivity index (χ0v) is 20.0. The summed E-state index contributed by atoms with van der Waals surface area (Å²) in [6.07, 6.45) is 5.52. The van der Waals surface area contributed by atoms with Crippen LogP contribution < -0.4 is 14.5 Å². The molecular formula is C26H32FN5O2. The van der Waals surface area contributed by atoms with Crippen LogP contribution >= 0.6 is 0 Å². The van der Waals surface area contributed by atoms with Crippen LogP contribution in [0, 0.1) is 5.82 Å². The van der Waals surface area contributed by atoms with E-state index in [2.05, 4.69) is 18.1 Å². The third-order valence-corrected chi connectivity index (χ3v) is 6.66. The van der Waals surface area contributed by atoms with Crippen LogP contribution in [0.5, 0.6) is 6.01 Å². The van der Waals surface area contributed by atoms with E-state index < -0.39 is 0 Å². The lowest BCUT2D eigenvalue weighted by molar-refractivity contribution is -0.126. The van der Waals surface area contributed by atoms with Crippen molar-refractivity contribution in [1.29, 1.82) is 0 Å². The largest absolute Gasteiger partial charge is 0.464 e. The maximum atomic E-state index is 14.0. The summed E-state index contributed by atoms with van der Waals surface area (Å²) in [6, 6.07) is 5.34. The molecule has 1 atom stereocenters. The van der Waals surface area contributed by atoms with Gasteiger partial charge in [-0.15, -0.1) is 0 Å². The van der Waals surface area contributed by atoms with Crippen LogP contribution in [0.3, 0.4) is 0 Å². The van der Waals surface area contributed by atoms with E-state index >= 15 is 0 Å². The lowest BCUT2D eigenvalue weighted by Crippen LogP contribution is -2.49. The number of halogens is 1. The highest BCUT2D eigenvalue weighted by atomic mass is 19.1. The second-order valence-electron chi connectivity index (χ2n) is 8.64. The Hall–Kier alpha value is -3.42. The topological polar surface area (TPSA) is 61.8 Å². The number of ether oxygens (including phenoxy) is 1. The van der Waals surface area contributed by atoms with E-state index in [-0.39, 0.29) is 17.6 Å². The molecule has 1 amide bonds. The minimum atomic E-state index is -0.263. The normalized spacial score (nSPS) is 17.7. The Bertz CT molecular complexity index is 1080. The summed E-state index contributed by atoms with van der Waals surface area (Å²) < 4.78 is 19.7. The average Bonchev–Trinajstić information content (AvgIpc) is 2.87. The summed E-state index contributed by atoms with van der Waals surface area (Å²) in [5.74, 6) is 0.799. The Morgan fingerprint density at radius 3 is 2.71 bits per heavy atom. The first kappa shape index (κ1) is 23.7. The summed E-state index contributed by atoms with van der Waals surface area (Å²) in [6.45, 7) is 12.5. The molecule has 0 spiro atoms. The zero-order valence-electron chi connectivity index (χ0n) is 20.0. The van der Waals surface area contributed by atoms with Crippen LogP contribution in [0.25, 0.3) is 0 Å². The molecule has 1 aromatic heterocycles. The molecular weight excluding hydrogens is 433 g/mol. The van der Waals surface area contributed by atoms with Crippen LogP contribution in [0.15, 0.2) is 43.6 Å². The second-order valence-corrected chi connectivity index (χ2v) is 8.64. The Labute approximate surface area is 200 Å². The smallest absolute Gasteiger partial charge is 0.318 e. The van der Waals surface area contributed by atoms with Crippen molar-refractivity contribution in [2.75, 3.05) is 49.6 Å². The molecule has 0 radical (unpaired) electrons. The van der Waals surface area contributed by atoms with Gasteiger partial charge in [0.1, 0.15) is 11.6 Å². The maximum Gasteiger partial charge on any atom is 0.318 e. The second kappa shape index (κ2) is 10.2. The van der Waals surface area contributed by atoms with Crippen molar-refractivity contribution in [3.8, 4) is 6.01 Å². The first-order valence-corrected chi connectivity index (χ1v) is 11.8. The molecule has 1 aliphatic carbocycles. The number of amides is 1. The molecule has 180 valence electrons. The first-order chi connectivity index (χ1) is 16.4. The summed E-state index contributed by atoms with van der Waals surface area (Å²) in [5, 5.41) is 0. The number of rotatable bonds is 7. The monoisotopic (exact) mass is 465 g/mol. The van der Waals surface area contributed by atoms with E-state index in [4.69, 9.17) is 14.7 Å². The summed E-state index contributed by atoms with van der Waals surface area (Å²) in [7, 11) is 1.88. The quantitative estimate of drug-likeness (QED) is 0.581. The molecule has 8 heteroatoms. The van der Waals surface area contributed by atoms with Crippen molar-refractivity contribution in [1.82, 2.24) is 14.9 Å². The first-order valence-electron chi connectivity index (χ1n) is 11.8. The number of carbonyl (C=O) groups is 1. The number of aromatic nitrogens is 2. The summed E-state index contributed by atoms with van der Waals surface area (Å²) >= 11 is 0. The lowest BCUT2D eigenvalue weighted by Gasteiger charge is -2.37. The van der Waals surface area contributed by atoms with Gasteiger partial charge >= 0.3 is 6.01 Å². The highest BCUT2D eigenvalue weighted by molar-refractivity contribution is 5.87. The molecule has 7 nitrogen and oxygen atoms in total. The fourth-order valence-electron chi connectivity index (χ4n) is 4.83. The number of fused-ring (bicyclic) bond motifs is 1. The molecule has 0 saturated carbocycles. The minimum absolute atomic E-state index is 0.0400. The molecule has 1 fully saturated rings. The van der Waals surface area contributed by atoms with Crippen molar-refractivity contribution in [2.24, 2.45) is 0 Å². The van der Waals surface area contributed by atoms with Gasteiger partial charge in [0.15, 0.2) is 0 Å².